The Morgan fingerprint density at radius 2 is 2.14 bits per heavy atom. The standard InChI is InChI=1S/C15H22FN3O.2ClH/c1-10-8-12(16)5-6-14(10)19-7-3-4-13(9-19)18-15(20)11(2)17;;/h5-6,8,11,13H,3-4,7,9,17H2,1-2H3,(H,18,20);2*1H/t11-,13?;;/m1../s1. The highest BCUT2D eigenvalue weighted by Crippen LogP contribution is 2.24. The fourth-order valence-corrected chi connectivity index (χ4v) is 2.62. The average Bonchev–Trinajstić information content (AvgIpc) is 2.38. The van der Waals surface area contributed by atoms with Crippen LogP contribution in [0.4, 0.5) is 10.1 Å². The number of benzene rings is 1. The maximum atomic E-state index is 13.2. The Morgan fingerprint density at radius 1 is 1.45 bits per heavy atom. The van der Waals surface area contributed by atoms with Crippen LogP contribution in [0.2, 0.25) is 0 Å². The van der Waals surface area contributed by atoms with Crippen LogP contribution in [-0.2, 0) is 4.79 Å². The zero-order chi connectivity index (χ0) is 14.7. The van der Waals surface area contributed by atoms with E-state index in [4.69, 9.17) is 5.73 Å². The van der Waals surface area contributed by atoms with Crippen molar-refractivity contribution < 1.29 is 9.18 Å². The third kappa shape index (κ3) is 5.30. The van der Waals surface area contributed by atoms with E-state index in [0.29, 0.717) is 0 Å². The van der Waals surface area contributed by atoms with Crippen molar-refractivity contribution in [3.8, 4) is 0 Å². The molecule has 0 aromatic heterocycles. The number of piperidine rings is 1. The Bertz CT molecular complexity index is 500. The summed E-state index contributed by atoms with van der Waals surface area (Å²) >= 11 is 0. The molecule has 1 heterocycles. The van der Waals surface area contributed by atoms with Crippen molar-refractivity contribution >= 4 is 36.4 Å². The number of nitrogens with zero attached hydrogens (tertiary/aromatic N) is 1. The van der Waals surface area contributed by atoms with Gasteiger partial charge in [-0.2, -0.15) is 0 Å². The molecule has 0 radical (unpaired) electrons. The Hall–Kier alpha value is -1.04. The lowest BCUT2D eigenvalue weighted by molar-refractivity contribution is -0.122. The number of nitrogens with one attached hydrogen (secondary N) is 1. The smallest absolute Gasteiger partial charge is 0.236 e. The van der Waals surface area contributed by atoms with Gasteiger partial charge in [0.25, 0.3) is 0 Å². The van der Waals surface area contributed by atoms with E-state index < -0.39 is 6.04 Å². The Labute approximate surface area is 143 Å². The lowest BCUT2D eigenvalue weighted by Gasteiger charge is -2.35. The second-order valence-electron chi connectivity index (χ2n) is 5.51. The van der Waals surface area contributed by atoms with Gasteiger partial charge in [0.2, 0.25) is 5.91 Å². The van der Waals surface area contributed by atoms with E-state index in [1.807, 2.05) is 6.92 Å². The third-order valence-corrected chi connectivity index (χ3v) is 3.68. The molecule has 1 unspecified atom stereocenters. The van der Waals surface area contributed by atoms with Crippen LogP contribution in [0.5, 0.6) is 0 Å². The van der Waals surface area contributed by atoms with E-state index in [-0.39, 0.29) is 42.6 Å². The minimum atomic E-state index is -0.488. The van der Waals surface area contributed by atoms with Gasteiger partial charge in [-0.05, 0) is 50.5 Å². The topological polar surface area (TPSA) is 58.4 Å². The maximum absolute atomic E-state index is 13.2. The van der Waals surface area contributed by atoms with Gasteiger partial charge in [0.1, 0.15) is 5.82 Å². The molecule has 1 fully saturated rings. The van der Waals surface area contributed by atoms with Crippen LogP contribution in [0.1, 0.15) is 25.3 Å². The molecule has 0 bridgehead atoms. The Kier molecular flexibility index (Phi) is 8.74. The lowest BCUT2D eigenvalue weighted by Crippen LogP contribution is -2.51. The van der Waals surface area contributed by atoms with Gasteiger partial charge in [-0.15, -0.1) is 24.8 Å². The highest BCUT2D eigenvalue weighted by molar-refractivity contribution is 5.85. The highest BCUT2D eigenvalue weighted by atomic mass is 35.5. The summed E-state index contributed by atoms with van der Waals surface area (Å²) in [5.41, 5.74) is 7.53. The van der Waals surface area contributed by atoms with E-state index in [1.165, 1.54) is 6.07 Å². The third-order valence-electron chi connectivity index (χ3n) is 3.68. The fraction of sp³-hybridized carbons (Fsp3) is 0.533. The SMILES string of the molecule is Cc1cc(F)ccc1N1CCCC(NC(=O)[C@@H](C)N)C1.Cl.Cl. The summed E-state index contributed by atoms with van der Waals surface area (Å²) in [5, 5.41) is 2.97. The molecule has 1 aliphatic rings. The van der Waals surface area contributed by atoms with Crippen LogP contribution in [0, 0.1) is 12.7 Å². The molecule has 0 spiro atoms. The van der Waals surface area contributed by atoms with Crippen molar-refractivity contribution in [3.05, 3.63) is 29.6 Å². The molecule has 1 aromatic rings. The number of aryl methyl sites for hydroxylation is 1. The zero-order valence-electron chi connectivity index (χ0n) is 12.8. The van der Waals surface area contributed by atoms with Gasteiger partial charge in [0.15, 0.2) is 0 Å². The summed E-state index contributed by atoms with van der Waals surface area (Å²) in [5.74, 6) is -0.335. The first-order chi connectivity index (χ1) is 9.47. The normalized spacial score (nSPS) is 18.7. The molecule has 1 amide bonds. The van der Waals surface area contributed by atoms with Crippen LogP contribution in [0.25, 0.3) is 0 Å². The summed E-state index contributed by atoms with van der Waals surface area (Å²) in [6, 6.07) is 4.44. The molecule has 0 aliphatic carbocycles. The number of halogens is 3. The molecule has 7 heteroatoms. The highest BCUT2D eigenvalue weighted by Gasteiger charge is 2.23. The maximum Gasteiger partial charge on any atom is 0.236 e. The van der Waals surface area contributed by atoms with Crippen molar-refractivity contribution in [2.45, 2.75) is 38.8 Å². The van der Waals surface area contributed by atoms with E-state index >= 15 is 0 Å². The number of amides is 1. The second kappa shape index (κ2) is 9.18. The summed E-state index contributed by atoms with van der Waals surface area (Å²) in [6.45, 7) is 5.25. The number of hydrogen-bond donors (Lipinski definition) is 2. The molecule has 2 rings (SSSR count). The molecule has 1 aliphatic heterocycles. The van der Waals surface area contributed by atoms with E-state index in [0.717, 1.165) is 37.2 Å². The van der Waals surface area contributed by atoms with Gasteiger partial charge in [0.05, 0.1) is 6.04 Å². The molecule has 22 heavy (non-hydrogen) atoms. The summed E-state index contributed by atoms with van der Waals surface area (Å²) < 4.78 is 13.2. The first kappa shape index (κ1) is 21.0. The minimum Gasteiger partial charge on any atom is -0.369 e. The number of carbonyl (C=O) groups excluding carboxylic acids is 1. The van der Waals surface area contributed by atoms with Gasteiger partial charge in [-0.1, -0.05) is 0 Å². The lowest BCUT2D eigenvalue weighted by atomic mass is 10.0. The van der Waals surface area contributed by atoms with Gasteiger partial charge in [-0.25, -0.2) is 4.39 Å². The minimum absolute atomic E-state index is 0. The van der Waals surface area contributed by atoms with Gasteiger partial charge in [-0.3, -0.25) is 4.79 Å². The van der Waals surface area contributed by atoms with E-state index in [2.05, 4.69) is 10.2 Å². The van der Waals surface area contributed by atoms with Crippen molar-refractivity contribution in [1.82, 2.24) is 5.32 Å². The number of nitrogens with two attached hydrogens (primary N) is 1. The summed E-state index contributed by atoms with van der Waals surface area (Å²) in [7, 11) is 0. The number of carbonyl (C=O) groups is 1. The monoisotopic (exact) mass is 351 g/mol. The van der Waals surface area contributed by atoms with E-state index in [9.17, 15) is 9.18 Å². The first-order valence-corrected chi connectivity index (χ1v) is 7.04. The number of anilines is 1. The molecule has 0 saturated carbocycles. The molecule has 3 N–H and O–H groups in total. The van der Waals surface area contributed by atoms with Crippen LogP contribution < -0.4 is 16.0 Å². The van der Waals surface area contributed by atoms with Crippen LogP contribution in [0.3, 0.4) is 0 Å². The van der Waals surface area contributed by atoms with Gasteiger partial charge >= 0.3 is 0 Å². The summed E-state index contributed by atoms with van der Waals surface area (Å²) in [4.78, 5) is 13.9. The average molecular weight is 352 g/mol. The number of rotatable bonds is 3. The molecule has 1 saturated heterocycles. The molecular weight excluding hydrogens is 328 g/mol. The van der Waals surface area contributed by atoms with Gasteiger partial charge < -0.3 is 16.0 Å². The van der Waals surface area contributed by atoms with Crippen molar-refractivity contribution in [2.75, 3.05) is 18.0 Å². The zero-order valence-corrected chi connectivity index (χ0v) is 14.5. The Morgan fingerprint density at radius 3 is 2.73 bits per heavy atom. The first-order valence-electron chi connectivity index (χ1n) is 7.04. The van der Waals surface area contributed by atoms with Crippen molar-refractivity contribution in [2.24, 2.45) is 5.73 Å². The fourth-order valence-electron chi connectivity index (χ4n) is 2.62. The van der Waals surface area contributed by atoms with E-state index in [1.54, 1.807) is 19.1 Å². The second-order valence-corrected chi connectivity index (χ2v) is 5.51. The van der Waals surface area contributed by atoms with Crippen molar-refractivity contribution in [1.29, 1.82) is 0 Å². The molecule has 1 aromatic carbocycles. The predicted octanol–water partition coefficient (Wildman–Crippen LogP) is 2.41. The van der Waals surface area contributed by atoms with Crippen molar-refractivity contribution in [3.63, 3.8) is 0 Å². The molecule has 2 atom stereocenters. The van der Waals surface area contributed by atoms with Crippen LogP contribution >= 0.6 is 24.8 Å². The molecule has 4 nitrogen and oxygen atoms in total. The quantitative estimate of drug-likeness (QED) is 0.878. The van der Waals surface area contributed by atoms with Crippen LogP contribution in [-0.4, -0.2) is 31.1 Å². The number of hydrogen-bond acceptors (Lipinski definition) is 3. The largest absolute Gasteiger partial charge is 0.369 e. The van der Waals surface area contributed by atoms with Gasteiger partial charge in [0, 0.05) is 24.8 Å². The summed E-state index contributed by atoms with van der Waals surface area (Å²) in [6.07, 6.45) is 1.95. The molecular formula is C15H24Cl2FN3O. The Balaban J connectivity index is 0.00000220. The van der Waals surface area contributed by atoms with Crippen LogP contribution in [0.15, 0.2) is 18.2 Å². The molecule has 126 valence electrons. The predicted molar refractivity (Wildman–Crippen MR) is 92.7 cm³/mol.